The first-order valence-corrected chi connectivity index (χ1v) is 9.82. The number of para-hydroxylation sites is 1. The number of benzene rings is 2. The highest BCUT2D eigenvalue weighted by Crippen LogP contribution is 2.24. The molecule has 0 unspecified atom stereocenters. The van der Waals surface area contributed by atoms with Crippen molar-refractivity contribution in [1.82, 2.24) is 5.32 Å². The van der Waals surface area contributed by atoms with Gasteiger partial charge in [0.2, 0.25) is 0 Å². The average Bonchev–Trinajstić information content (AvgIpc) is 3.13. The minimum Gasteiger partial charge on any atom is -0.376 e. The van der Waals surface area contributed by atoms with Crippen molar-refractivity contribution in [3.63, 3.8) is 0 Å². The van der Waals surface area contributed by atoms with Crippen LogP contribution in [0.2, 0.25) is 0 Å². The molecule has 27 heavy (non-hydrogen) atoms. The lowest BCUT2D eigenvalue weighted by Gasteiger charge is -2.15. The summed E-state index contributed by atoms with van der Waals surface area (Å²) >= 11 is 0. The Kier molecular flexibility index (Phi) is 5.71. The smallest absolute Gasteiger partial charge is 0.267 e. The van der Waals surface area contributed by atoms with Gasteiger partial charge in [-0.1, -0.05) is 18.2 Å². The fraction of sp³-hybridized carbons (Fsp3) is 0.278. The maximum absolute atomic E-state index is 13.8. The summed E-state index contributed by atoms with van der Waals surface area (Å²) in [6.07, 6.45) is 1.68. The van der Waals surface area contributed by atoms with E-state index in [1.54, 1.807) is 6.07 Å². The normalized spacial score (nSPS) is 16.9. The lowest BCUT2D eigenvalue weighted by Crippen LogP contribution is -2.32. The number of amides is 1. The minimum atomic E-state index is -4.57. The van der Waals surface area contributed by atoms with E-state index in [0.29, 0.717) is 13.2 Å². The zero-order valence-electron chi connectivity index (χ0n) is 14.2. The monoisotopic (exact) mass is 396 g/mol. The van der Waals surface area contributed by atoms with Gasteiger partial charge in [0.1, 0.15) is 11.6 Å². The molecule has 1 fully saturated rings. The lowest BCUT2D eigenvalue weighted by molar-refractivity contribution is 0.0858. The van der Waals surface area contributed by atoms with Gasteiger partial charge in [-0.05, 0) is 37.1 Å². The molecule has 9 heteroatoms. The van der Waals surface area contributed by atoms with Crippen molar-refractivity contribution in [2.75, 3.05) is 17.9 Å². The zero-order valence-corrected chi connectivity index (χ0v) is 15.1. The largest absolute Gasteiger partial charge is 0.376 e. The van der Waals surface area contributed by atoms with Crippen LogP contribution in [0.1, 0.15) is 23.2 Å². The highest BCUT2D eigenvalue weighted by atomic mass is 32.2. The number of anilines is 1. The standard InChI is InChI=1S/C18H18F2N2O4S/c19-14-7-3-8-15(20)17(14)27(24,25)22-16-9-2-1-6-13(16)18(23)21-11-12-5-4-10-26-12/h1-3,6-9,12,22H,4-5,10-11H2,(H,21,23)/t12-/m1/s1. The fourth-order valence-corrected chi connectivity index (χ4v) is 4.03. The summed E-state index contributed by atoms with van der Waals surface area (Å²) in [5, 5.41) is 2.68. The molecule has 1 heterocycles. The average molecular weight is 396 g/mol. The number of ether oxygens (including phenoxy) is 1. The van der Waals surface area contributed by atoms with Crippen molar-refractivity contribution in [2.45, 2.75) is 23.8 Å². The van der Waals surface area contributed by atoms with Crippen LogP contribution in [0.3, 0.4) is 0 Å². The predicted molar refractivity (Wildman–Crippen MR) is 94.9 cm³/mol. The highest BCUT2D eigenvalue weighted by Gasteiger charge is 2.26. The molecule has 1 atom stereocenters. The van der Waals surface area contributed by atoms with Gasteiger partial charge >= 0.3 is 0 Å². The van der Waals surface area contributed by atoms with Crippen molar-refractivity contribution < 1.29 is 26.7 Å². The number of sulfonamides is 1. The van der Waals surface area contributed by atoms with E-state index < -0.39 is 32.5 Å². The van der Waals surface area contributed by atoms with Crippen molar-refractivity contribution in [3.8, 4) is 0 Å². The molecule has 1 aliphatic rings. The van der Waals surface area contributed by atoms with E-state index in [4.69, 9.17) is 4.74 Å². The lowest BCUT2D eigenvalue weighted by atomic mass is 10.1. The molecule has 0 saturated carbocycles. The van der Waals surface area contributed by atoms with Crippen LogP contribution in [-0.4, -0.2) is 33.6 Å². The number of hydrogen-bond donors (Lipinski definition) is 2. The molecule has 0 aromatic heterocycles. The Hall–Kier alpha value is -2.52. The van der Waals surface area contributed by atoms with E-state index in [9.17, 15) is 22.0 Å². The summed E-state index contributed by atoms with van der Waals surface area (Å²) in [6.45, 7) is 0.937. The molecule has 1 amide bonds. The maximum atomic E-state index is 13.8. The van der Waals surface area contributed by atoms with E-state index in [1.807, 2.05) is 0 Å². The van der Waals surface area contributed by atoms with Gasteiger partial charge in [0.05, 0.1) is 17.4 Å². The SMILES string of the molecule is O=C(NC[C@H]1CCCO1)c1ccccc1NS(=O)(=O)c1c(F)cccc1F. The topological polar surface area (TPSA) is 84.5 Å². The molecule has 1 aliphatic heterocycles. The Morgan fingerprint density at radius 2 is 1.81 bits per heavy atom. The van der Waals surface area contributed by atoms with Gasteiger partial charge in [-0.2, -0.15) is 0 Å². The van der Waals surface area contributed by atoms with Gasteiger partial charge in [0, 0.05) is 13.2 Å². The third-order valence-corrected chi connectivity index (χ3v) is 5.53. The molecular weight excluding hydrogens is 378 g/mol. The molecule has 3 rings (SSSR count). The second-order valence-corrected chi connectivity index (χ2v) is 7.67. The summed E-state index contributed by atoms with van der Waals surface area (Å²) < 4.78 is 60.1. The van der Waals surface area contributed by atoms with Gasteiger partial charge in [0.15, 0.2) is 4.90 Å². The Labute approximate surface area is 155 Å². The van der Waals surface area contributed by atoms with Crippen LogP contribution in [0, 0.1) is 11.6 Å². The van der Waals surface area contributed by atoms with Gasteiger partial charge in [0.25, 0.3) is 15.9 Å². The quantitative estimate of drug-likeness (QED) is 0.786. The van der Waals surface area contributed by atoms with Crippen molar-refractivity contribution in [3.05, 3.63) is 59.7 Å². The van der Waals surface area contributed by atoms with E-state index in [2.05, 4.69) is 10.0 Å². The number of hydrogen-bond acceptors (Lipinski definition) is 4. The van der Waals surface area contributed by atoms with Crippen LogP contribution < -0.4 is 10.0 Å². The third-order valence-electron chi connectivity index (χ3n) is 4.12. The second-order valence-electron chi connectivity index (χ2n) is 6.05. The minimum absolute atomic E-state index is 0.0378. The van der Waals surface area contributed by atoms with Crippen LogP contribution >= 0.6 is 0 Å². The van der Waals surface area contributed by atoms with Crippen LogP contribution in [-0.2, 0) is 14.8 Å². The Bertz CT molecular complexity index is 924. The van der Waals surface area contributed by atoms with Crippen molar-refractivity contribution >= 4 is 21.6 Å². The summed E-state index contributed by atoms with van der Waals surface area (Å²) in [6, 6.07) is 8.58. The Morgan fingerprint density at radius 3 is 2.48 bits per heavy atom. The molecule has 2 aromatic carbocycles. The van der Waals surface area contributed by atoms with Gasteiger partial charge in [-0.3, -0.25) is 9.52 Å². The molecule has 2 aromatic rings. The first-order valence-electron chi connectivity index (χ1n) is 8.34. The molecular formula is C18H18F2N2O4S. The Balaban J connectivity index is 1.82. The summed E-state index contributed by atoms with van der Waals surface area (Å²) in [5.41, 5.74) is -0.0409. The van der Waals surface area contributed by atoms with Crippen LogP contribution in [0.25, 0.3) is 0 Å². The Morgan fingerprint density at radius 1 is 1.11 bits per heavy atom. The third kappa shape index (κ3) is 4.42. The highest BCUT2D eigenvalue weighted by molar-refractivity contribution is 7.92. The summed E-state index contributed by atoms with van der Waals surface area (Å²) in [5.74, 6) is -2.96. The summed E-state index contributed by atoms with van der Waals surface area (Å²) in [7, 11) is -4.57. The van der Waals surface area contributed by atoms with E-state index in [0.717, 1.165) is 31.0 Å². The maximum Gasteiger partial charge on any atom is 0.267 e. The fourth-order valence-electron chi connectivity index (χ4n) is 2.81. The molecule has 0 aliphatic carbocycles. The van der Waals surface area contributed by atoms with E-state index in [-0.39, 0.29) is 17.4 Å². The van der Waals surface area contributed by atoms with Crippen LogP contribution in [0.5, 0.6) is 0 Å². The summed E-state index contributed by atoms with van der Waals surface area (Å²) in [4.78, 5) is 11.3. The molecule has 144 valence electrons. The van der Waals surface area contributed by atoms with Crippen LogP contribution in [0.15, 0.2) is 47.4 Å². The molecule has 6 nitrogen and oxygen atoms in total. The van der Waals surface area contributed by atoms with Gasteiger partial charge < -0.3 is 10.1 Å². The number of rotatable bonds is 6. The van der Waals surface area contributed by atoms with Crippen molar-refractivity contribution in [2.24, 2.45) is 0 Å². The first-order chi connectivity index (χ1) is 12.9. The molecule has 1 saturated heterocycles. The van der Waals surface area contributed by atoms with Crippen LogP contribution in [0.4, 0.5) is 14.5 Å². The van der Waals surface area contributed by atoms with E-state index >= 15 is 0 Å². The molecule has 0 bridgehead atoms. The molecule has 0 radical (unpaired) electrons. The predicted octanol–water partition coefficient (Wildman–Crippen LogP) is 2.67. The number of carbonyl (C=O) groups is 1. The van der Waals surface area contributed by atoms with Gasteiger partial charge in [-0.15, -0.1) is 0 Å². The number of halogens is 2. The van der Waals surface area contributed by atoms with Gasteiger partial charge in [-0.25, -0.2) is 17.2 Å². The number of carbonyl (C=O) groups excluding carboxylic acids is 1. The van der Waals surface area contributed by atoms with E-state index in [1.165, 1.54) is 18.2 Å². The number of nitrogens with one attached hydrogen (secondary N) is 2. The second kappa shape index (κ2) is 8.01. The first kappa shape index (κ1) is 19.2. The molecule has 2 N–H and O–H groups in total. The van der Waals surface area contributed by atoms with Crippen molar-refractivity contribution in [1.29, 1.82) is 0 Å². The molecule has 0 spiro atoms. The zero-order chi connectivity index (χ0) is 19.4.